The van der Waals surface area contributed by atoms with Crippen molar-refractivity contribution in [3.63, 3.8) is 0 Å². The van der Waals surface area contributed by atoms with Gasteiger partial charge in [0.25, 0.3) is 0 Å². The lowest BCUT2D eigenvalue weighted by molar-refractivity contribution is -0.136. The average Bonchev–Trinajstić information content (AvgIpc) is 2.49. The third kappa shape index (κ3) is 2.85. The summed E-state index contributed by atoms with van der Waals surface area (Å²) in [6.07, 6.45) is 0. The lowest BCUT2D eigenvalue weighted by atomic mass is 9.95. The Kier molecular flexibility index (Phi) is 4.85. The fourth-order valence-electron chi connectivity index (χ4n) is 2.48. The number of benzene rings is 1. The summed E-state index contributed by atoms with van der Waals surface area (Å²) < 4.78 is 18.5. The second kappa shape index (κ2) is 6.48. The zero-order valence-corrected chi connectivity index (χ0v) is 14.0. The Hall–Kier alpha value is -1.89. The fraction of sp³-hybridized carbons (Fsp3) is 0.333. The van der Waals surface area contributed by atoms with Gasteiger partial charge in [-0.3, -0.25) is 4.90 Å². The number of nitrogens with zero attached hydrogens (tertiary/aromatic N) is 1. The normalized spacial score (nSPS) is 18.3. The number of allylic oxidation sites excluding steroid dienone is 1. The van der Waals surface area contributed by atoms with Crippen LogP contribution >= 0.6 is 15.9 Å². The molecule has 0 aliphatic carbocycles. The molecule has 1 aromatic rings. The van der Waals surface area contributed by atoms with Crippen molar-refractivity contribution in [1.82, 2.24) is 10.2 Å². The van der Waals surface area contributed by atoms with Crippen LogP contribution in [0.25, 0.3) is 0 Å². The zero-order valence-electron chi connectivity index (χ0n) is 12.4. The first-order valence-corrected chi connectivity index (χ1v) is 7.52. The van der Waals surface area contributed by atoms with Crippen molar-refractivity contribution in [3.05, 3.63) is 45.3 Å². The van der Waals surface area contributed by atoms with Crippen molar-refractivity contribution < 1.29 is 18.7 Å². The predicted molar refractivity (Wildman–Crippen MR) is 82.5 cm³/mol. The van der Waals surface area contributed by atoms with Crippen LogP contribution in [0.2, 0.25) is 0 Å². The number of methoxy groups -OCH3 is 1. The Morgan fingerprint density at radius 2 is 2.18 bits per heavy atom. The van der Waals surface area contributed by atoms with Crippen LogP contribution in [0.1, 0.15) is 25.5 Å². The minimum atomic E-state index is -0.681. The Labute approximate surface area is 136 Å². The van der Waals surface area contributed by atoms with Crippen molar-refractivity contribution in [3.8, 4) is 0 Å². The van der Waals surface area contributed by atoms with Gasteiger partial charge in [0.2, 0.25) is 0 Å². The van der Waals surface area contributed by atoms with E-state index in [-0.39, 0.29) is 10.5 Å². The van der Waals surface area contributed by atoms with Gasteiger partial charge in [-0.05, 0) is 47.5 Å². The van der Waals surface area contributed by atoms with E-state index in [1.54, 1.807) is 6.92 Å². The molecule has 1 aliphatic rings. The molecular formula is C15H16BrFN2O3. The zero-order chi connectivity index (χ0) is 16.4. The molecule has 22 heavy (non-hydrogen) atoms. The molecule has 0 aromatic heterocycles. The number of halogens is 2. The van der Waals surface area contributed by atoms with Crippen LogP contribution in [0.3, 0.4) is 0 Å². The van der Waals surface area contributed by atoms with Crippen LogP contribution in [0, 0.1) is 5.82 Å². The number of nitrogens with one attached hydrogen (secondary N) is 1. The number of esters is 1. The van der Waals surface area contributed by atoms with E-state index in [4.69, 9.17) is 4.74 Å². The molecule has 0 saturated carbocycles. The van der Waals surface area contributed by atoms with Gasteiger partial charge in [0.1, 0.15) is 5.82 Å². The Morgan fingerprint density at radius 3 is 2.73 bits per heavy atom. The number of rotatable bonds is 3. The summed E-state index contributed by atoms with van der Waals surface area (Å²) in [5.74, 6) is -0.942. The highest BCUT2D eigenvalue weighted by Crippen LogP contribution is 2.32. The molecule has 1 aromatic carbocycles. The Balaban J connectivity index is 2.57. The summed E-state index contributed by atoms with van der Waals surface area (Å²) in [7, 11) is 1.28. The summed E-state index contributed by atoms with van der Waals surface area (Å²) in [6, 6.07) is 3.36. The molecule has 7 heteroatoms. The molecule has 118 valence electrons. The maximum atomic E-state index is 13.4. The van der Waals surface area contributed by atoms with Crippen LogP contribution in [-0.2, 0) is 9.53 Å². The monoisotopic (exact) mass is 370 g/mol. The number of urea groups is 1. The average molecular weight is 371 g/mol. The molecular weight excluding hydrogens is 355 g/mol. The van der Waals surface area contributed by atoms with Gasteiger partial charge in [-0.2, -0.15) is 0 Å². The van der Waals surface area contributed by atoms with Crippen LogP contribution in [0.5, 0.6) is 0 Å². The topological polar surface area (TPSA) is 58.6 Å². The second-order valence-electron chi connectivity index (χ2n) is 4.79. The quantitative estimate of drug-likeness (QED) is 0.831. The van der Waals surface area contributed by atoms with Gasteiger partial charge in [-0.25, -0.2) is 14.0 Å². The number of hydrogen-bond acceptors (Lipinski definition) is 3. The first-order valence-electron chi connectivity index (χ1n) is 6.72. The van der Waals surface area contributed by atoms with Crippen molar-refractivity contribution in [2.75, 3.05) is 13.7 Å². The maximum Gasteiger partial charge on any atom is 0.337 e. The molecule has 0 unspecified atom stereocenters. The van der Waals surface area contributed by atoms with Crippen molar-refractivity contribution in [2.24, 2.45) is 0 Å². The molecule has 0 saturated heterocycles. The summed E-state index contributed by atoms with van der Waals surface area (Å²) in [5.41, 5.74) is 1.46. The van der Waals surface area contributed by atoms with Crippen LogP contribution in [0.15, 0.2) is 33.9 Å². The van der Waals surface area contributed by atoms with Gasteiger partial charge in [0.15, 0.2) is 0 Å². The molecule has 0 spiro atoms. The van der Waals surface area contributed by atoms with E-state index < -0.39 is 17.8 Å². The number of carbonyl (C=O) groups is 2. The molecule has 2 rings (SSSR count). The maximum absolute atomic E-state index is 13.4. The third-order valence-corrected chi connectivity index (χ3v) is 4.20. The number of hydrogen-bond donors (Lipinski definition) is 1. The van der Waals surface area contributed by atoms with Gasteiger partial charge in [-0.15, -0.1) is 0 Å². The lowest BCUT2D eigenvalue weighted by Gasteiger charge is -2.34. The first-order chi connectivity index (χ1) is 10.4. The van der Waals surface area contributed by atoms with E-state index in [1.807, 2.05) is 6.92 Å². The van der Waals surface area contributed by atoms with Crippen LogP contribution in [-0.4, -0.2) is 30.6 Å². The fourth-order valence-corrected chi connectivity index (χ4v) is 2.87. The number of amides is 2. The van der Waals surface area contributed by atoms with Crippen LogP contribution < -0.4 is 5.32 Å². The highest BCUT2D eigenvalue weighted by molar-refractivity contribution is 9.10. The third-order valence-electron chi connectivity index (χ3n) is 3.59. The van der Waals surface area contributed by atoms with Gasteiger partial charge in [0.05, 0.1) is 23.2 Å². The summed E-state index contributed by atoms with van der Waals surface area (Å²) in [5, 5.41) is 2.76. The first kappa shape index (κ1) is 16.5. The lowest BCUT2D eigenvalue weighted by Crippen LogP contribution is -2.47. The molecule has 5 nitrogen and oxygen atoms in total. The van der Waals surface area contributed by atoms with Gasteiger partial charge < -0.3 is 10.1 Å². The highest BCUT2D eigenvalue weighted by Gasteiger charge is 2.35. The van der Waals surface area contributed by atoms with Crippen molar-refractivity contribution in [2.45, 2.75) is 19.9 Å². The molecule has 1 atom stereocenters. The van der Waals surface area contributed by atoms with E-state index in [2.05, 4.69) is 21.2 Å². The minimum absolute atomic E-state index is 0.263. The molecule has 2 amide bonds. The Bertz CT molecular complexity index is 660. The molecule has 0 radical (unpaired) electrons. The Morgan fingerprint density at radius 1 is 1.50 bits per heavy atom. The molecule has 0 fully saturated rings. The van der Waals surface area contributed by atoms with Gasteiger partial charge in [-0.1, -0.05) is 6.07 Å². The number of carbonyl (C=O) groups excluding carboxylic acids is 2. The largest absolute Gasteiger partial charge is 0.466 e. The molecule has 1 heterocycles. The van der Waals surface area contributed by atoms with E-state index in [0.717, 1.165) is 0 Å². The SMILES string of the molecule is CCN1C(=O)N[C@@H](c2ccc(F)c(Br)c2)C(C(=O)OC)=C1C. The highest BCUT2D eigenvalue weighted by atomic mass is 79.9. The second-order valence-corrected chi connectivity index (χ2v) is 5.65. The van der Waals surface area contributed by atoms with E-state index >= 15 is 0 Å². The van der Waals surface area contributed by atoms with E-state index in [0.29, 0.717) is 23.4 Å². The van der Waals surface area contributed by atoms with Crippen molar-refractivity contribution >= 4 is 27.9 Å². The van der Waals surface area contributed by atoms with Crippen molar-refractivity contribution in [1.29, 1.82) is 0 Å². The summed E-state index contributed by atoms with van der Waals surface area (Å²) in [6.45, 7) is 3.94. The summed E-state index contributed by atoms with van der Waals surface area (Å²) in [4.78, 5) is 25.8. The smallest absolute Gasteiger partial charge is 0.337 e. The van der Waals surface area contributed by atoms with Crippen LogP contribution in [0.4, 0.5) is 9.18 Å². The molecule has 1 aliphatic heterocycles. The minimum Gasteiger partial charge on any atom is -0.466 e. The number of ether oxygens (including phenoxy) is 1. The van der Waals surface area contributed by atoms with Gasteiger partial charge >= 0.3 is 12.0 Å². The molecule has 1 N–H and O–H groups in total. The van der Waals surface area contributed by atoms with Gasteiger partial charge in [0, 0.05) is 12.2 Å². The predicted octanol–water partition coefficient (Wildman–Crippen LogP) is 3.12. The van der Waals surface area contributed by atoms with E-state index in [1.165, 1.54) is 30.2 Å². The van der Waals surface area contributed by atoms with E-state index in [9.17, 15) is 14.0 Å². The summed E-state index contributed by atoms with van der Waals surface area (Å²) >= 11 is 3.11. The standard InChI is InChI=1S/C15H16BrFN2O3/c1-4-19-8(2)12(14(20)22-3)13(18-15(19)21)9-5-6-11(17)10(16)7-9/h5-7,13H,4H2,1-3H3,(H,18,21)/t13-/m0/s1. The molecule has 0 bridgehead atoms.